The summed E-state index contributed by atoms with van der Waals surface area (Å²) in [4.78, 5) is 21.9. The van der Waals surface area contributed by atoms with Crippen LogP contribution in [0.1, 0.15) is 0 Å². The van der Waals surface area contributed by atoms with Crippen molar-refractivity contribution in [2.75, 3.05) is 12.4 Å². The fourth-order valence-electron chi connectivity index (χ4n) is 1.81. The number of anilines is 1. The van der Waals surface area contributed by atoms with Crippen molar-refractivity contribution >= 4 is 28.8 Å². The van der Waals surface area contributed by atoms with Crippen LogP contribution in [0.2, 0.25) is 0 Å². The molecule has 0 atom stereocenters. The van der Waals surface area contributed by atoms with Crippen LogP contribution in [-0.4, -0.2) is 16.9 Å². The van der Waals surface area contributed by atoms with E-state index in [2.05, 4.69) is 5.32 Å². The van der Waals surface area contributed by atoms with Gasteiger partial charge in [0, 0.05) is 13.1 Å². The van der Waals surface area contributed by atoms with Crippen molar-refractivity contribution in [2.45, 2.75) is 9.79 Å². The highest BCUT2D eigenvalue weighted by molar-refractivity contribution is 7.99. The quantitative estimate of drug-likeness (QED) is 0.668. The van der Waals surface area contributed by atoms with Crippen LogP contribution in [0.4, 0.5) is 17.1 Å². The van der Waals surface area contributed by atoms with Crippen molar-refractivity contribution < 1.29 is 9.85 Å². The topological polar surface area (TPSA) is 98.3 Å². The molecule has 8 heteroatoms. The van der Waals surface area contributed by atoms with Crippen molar-refractivity contribution in [3.8, 4) is 0 Å². The van der Waals surface area contributed by atoms with Crippen molar-refractivity contribution in [1.82, 2.24) is 0 Å². The molecule has 2 rings (SSSR count). The van der Waals surface area contributed by atoms with Gasteiger partial charge in [-0.05, 0) is 18.2 Å². The number of nitrogens with zero attached hydrogens (tertiary/aromatic N) is 2. The Morgan fingerprint density at radius 3 is 2.24 bits per heavy atom. The van der Waals surface area contributed by atoms with Gasteiger partial charge in [0.1, 0.15) is 5.69 Å². The van der Waals surface area contributed by atoms with E-state index in [4.69, 9.17) is 0 Å². The van der Waals surface area contributed by atoms with Crippen molar-refractivity contribution in [2.24, 2.45) is 0 Å². The SMILES string of the molecule is CNc1cccc(Sc2ccccc2[N+](=O)[O-])c1[N+](=O)[O-]. The van der Waals surface area contributed by atoms with Crippen LogP contribution < -0.4 is 5.32 Å². The second-order valence-corrected chi connectivity index (χ2v) is 5.07. The Morgan fingerprint density at radius 1 is 0.952 bits per heavy atom. The predicted octanol–water partition coefficient (Wildman–Crippen LogP) is 3.70. The summed E-state index contributed by atoms with van der Waals surface area (Å²) in [6.45, 7) is 0. The highest BCUT2D eigenvalue weighted by Gasteiger charge is 2.22. The molecule has 2 aromatic rings. The van der Waals surface area contributed by atoms with Gasteiger partial charge in [0.2, 0.25) is 0 Å². The maximum atomic E-state index is 11.2. The van der Waals surface area contributed by atoms with E-state index in [-0.39, 0.29) is 11.4 Å². The highest BCUT2D eigenvalue weighted by Crippen LogP contribution is 2.41. The average Bonchev–Trinajstić information content (AvgIpc) is 2.47. The average molecular weight is 305 g/mol. The van der Waals surface area contributed by atoms with Gasteiger partial charge in [0.15, 0.2) is 0 Å². The first kappa shape index (κ1) is 14.8. The van der Waals surface area contributed by atoms with E-state index in [0.717, 1.165) is 11.8 Å². The molecule has 0 radical (unpaired) electrons. The Kier molecular flexibility index (Phi) is 4.39. The zero-order valence-corrected chi connectivity index (χ0v) is 11.8. The van der Waals surface area contributed by atoms with E-state index in [9.17, 15) is 20.2 Å². The molecule has 0 saturated heterocycles. The molecule has 0 saturated carbocycles. The van der Waals surface area contributed by atoms with Crippen LogP contribution in [0.3, 0.4) is 0 Å². The lowest BCUT2D eigenvalue weighted by molar-refractivity contribution is -0.387. The van der Waals surface area contributed by atoms with Crippen LogP contribution in [0.15, 0.2) is 52.3 Å². The van der Waals surface area contributed by atoms with E-state index < -0.39 is 9.85 Å². The van der Waals surface area contributed by atoms with E-state index in [0.29, 0.717) is 15.5 Å². The minimum Gasteiger partial charge on any atom is -0.383 e. The fraction of sp³-hybridized carbons (Fsp3) is 0.0769. The third-order valence-corrected chi connectivity index (χ3v) is 3.85. The minimum absolute atomic E-state index is 0.0772. The zero-order chi connectivity index (χ0) is 15.4. The lowest BCUT2D eigenvalue weighted by Crippen LogP contribution is -1.98. The van der Waals surface area contributed by atoms with Crippen molar-refractivity contribution in [1.29, 1.82) is 0 Å². The van der Waals surface area contributed by atoms with E-state index >= 15 is 0 Å². The number of nitro groups is 2. The molecule has 0 aliphatic rings. The lowest BCUT2D eigenvalue weighted by Gasteiger charge is -2.07. The Labute approximate surface area is 124 Å². The molecule has 0 fully saturated rings. The lowest BCUT2D eigenvalue weighted by atomic mass is 10.2. The van der Waals surface area contributed by atoms with E-state index in [1.807, 2.05) is 0 Å². The Morgan fingerprint density at radius 2 is 1.62 bits per heavy atom. The maximum absolute atomic E-state index is 11.2. The number of hydrogen-bond acceptors (Lipinski definition) is 6. The predicted molar refractivity (Wildman–Crippen MR) is 79.9 cm³/mol. The molecule has 0 bridgehead atoms. The fourth-order valence-corrected chi connectivity index (χ4v) is 2.87. The molecule has 2 aromatic carbocycles. The van der Waals surface area contributed by atoms with E-state index in [1.54, 1.807) is 43.4 Å². The largest absolute Gasteiger partial charge is 0.383 e. The molecule has 0 aromatic heterocycles. The second kappa shape index (κ2) is 6.23. The van der Waals surface area contributed by atoms with Gasteiger partial charge in [-0.25, -0.2) is 0 Å². The van der Waals surface area contributed by atoms with Gasteiger partial charge in [0.05, 0.1) is 19.6 Å². The van der Waals surface area contributed by atoms with Gasteiger partial charge >= 0.3 is 5.69 Å². The van der Waals surface area contributed by atoms with E-state index in [1.165, 1.54) is 6.07 Å². The number of rotatable bonds is 5. The monoisotopic (exact) mass is 305 g/mol. The van der Waals surface area contributed by atoms with Gasteiger partial charge in [-0.15, -0.1) is 0 Å². The molecule has 7 nitrogen and oxygen atoms in total. The molecule has 0 unspecified atom stereocenters. The summed E-state index contributed by atoms with van der Waals surface area (Å²) in [5.74, 6) is 0. The van der Waals surface area contributed by atoms with Gasteiger partial charge < -0.3 is 5.32 Å². The summed E-state index contributed by atoms with van der Waals surface area (Å²) in [5, 5.41) is 25.0. The number of benzene rings is 2. The zero-order valence-electron chi connectivity index (χ0n) is 11.0. The molecule has 21 heavy (non-hydrogen) atoms. The van der Waals surface area contributed by atoms with Crippen LogP contribution in [0.5, 0.6) is 0 Å². The van der Waals surface area contributed by atoms with Gasteiger partial charge in [-0.3, -0.25) is 20.2 Å². The minimum atomic E-state index is -0.504. The number of hydrogen-bond donors (Lipinski definition) is 1. The Bertz CT molecular complexity index is 706. The molecular weight excluding hydrogens is 294 g/mol. The summed E-state index contributed by atoms with van der Waals surface area (Å²) >= 11 is 1.00. The van der Waals surface area contributed by atoms with Gasteiger partial charge in [-0.2, -0.15) is 0 Å². The first-order chi connectivity index (χ1) is 10.0. The molecule has 0 amide bonds. The van der Waals surface area contributed by atoms with Gasteiger partial charge in [-0.1, -0.05) is 30.0 Å². The third kappa shape index (κ3) is 3.11. The molecular formula is C13H11N3O4S. The summed E-state index contributed by atoms with van der Waals surface area (Å²) < 4.78 is 0. The summed E-state index contributed by atoms with van der Waals surface area (Å²) in [6.07, 6.45) is 0. The summed E-state index contributed by atoms with van der Waals surface area (Å²) in [5.41, 5.74) is 0.193. The number of nitrogens with one attached hydrogen (secondary N) is 1. The first-order valence-corrected chi connectivity index (χ1v) is 6.72. The molecule has 0 spiro atoms. The van der Waals surface area contributed by atoms with Gasteiger partial charge in [0.25, 0.3) is 5.69 Å². The Balaban J connectivity index is 2.50. The molecule has 0 aliphatic carbocycles. The van der Waals surface area contributed by atoms with Crippen LogP contribution in [0, 0.1) is 20.2 Å². The maximum Gasteiger partial charge on any atom is 0.306 e. The van der Waals surface area contributed by atoms with Crippen LogP contribution >= 0.6 is 11.8 Å². The first-order valence-electron chi connectivity index (χ1n) is 5.91. The summed E-state index contributed by atoms with van der Waals surface area (Å²) in [7, 11) is 1.59. The smallest absolute Gasteiger partial charge is 0.306 e. The molecule has 1 N–H and O–H groups in total. The molecule has 108 valence electrons. The van der Waals surface area contributed by atoms with Crippen LogP contribution in [-0.2, 0) is 0 Å². The number of para-hydroxylation sites is 2. The van der Waals surface area contributed by atoms with Crippen molar-refractivity contribution in [3.05, 3.63) is 62.7 Å². The third-order valence-electron chi connectivity index (χ3n) is 2.73. The molecule has 0 heterocycles. The Hall–Kier alpha value is -2.61. The number of nitro benzene ring substituents is 2. The molecule has 0 aliphatic heterocycles. The second-order valence-electron chi connectivity index (χ2n) is 3.99. The standard InChI is InChI=1S/C13H11N3O4S/c1-14-9-5-4-8-12(13(9)16(19)20)21-11-7-3-2-6-10(11)15(17)18/h2-8,14H,1H3. The van der Waals surface area contributed by atoms with Crippen LogP contribution in [0.25, 0.3) is 0 Å². The normalized spacial score (nSPS) is 10.1. The van der Waals surface area contributed by atoms with Crippen molar-refractivity contribution in [3.63, 3.8) is 0 Å². The highest BCUT2D eigenvalue weighted by atomic mass is 32.2. The summed E-state index contributed by atoms with van der Waals surface area (Å²) in [6, 6.07) is 11.0.